The van der Waals surface area contributed by atoms with E-state index < -0.39 is 11.0 Å². The second-order valence-electron chi connectivity index (χ2n) is 6.21. The molecule has 106 valence electrons. The van der Waals surface area contributed by atoms with Gasteiger partial charge in [-0.2, -0.15) is 0 Å². The molecule has 2 aromatic rings. The lowest BCUT2D eigenvalue weighted by Gasteiger charge is -2.36. The third-order valence-corrected chi connectivity index (χ3v) is 4.04. The largest absolute Gasteiger partial charge is 0.326 e. The van der Waals surface area contributed by atoms with Crippen LogP contribution in [0.25, 0.3) is 10.9 Å². The first-order valence-corrected chi connectivity index (χ1v) is 6.67. The Labute approximate surface area is 119 Å². The van der Waals surface area contributed by atoms with E-state index in [1.807, 2.05) is 58.0 Å². The van der Waals surface area contributed by atoms with Gasteiger partial charge in [0, 0.05) is 22.8 Å². The highest BCUT2D eigenvalue weighted by Crippen LogP contribution is 2.30. The van der Waals surface area contributed by atoms with Crippen LogP contribution in [0.5, 0.6) is 0 Å². The molecule has 0 unspecified atom stereocenters. The van der Waals surface area contributed by atoms with Crippen LogP contribution in [0.4, 0.5) is 5.69 Å². The maximum Gasteiger partial charge on any atom is 0.231 e. The smallest absolute Gasteiger partial charge is 0.231 e. The number of hydrogen-bond donors (Lipinski definition) is 2. The molecule has 0 saturated carbocycles. The summed E-state index contributed by atoms with van der Waals surface area (Å²) in [5.41, 5.74) is 6.48. The molecule has 0 atom stereocenters. The Hall–Kier alpha value is -1.94. The number of amides is 1. The van der Waals surface area contributed by atoms with Crippen molar-refractivity contribution in [3.05, 3.63) is 36.5 Å². The number of nitrogens with one attached hydrogen (secondary N) is 1. The minimum absolute atomic E-state index is 0.0896. The van der Waals surface area contributed by atoms with Crippen molar-refractivity contribution in [1.82, 2.24) is 4.98 Å². The summed E-state index contributed by atoms with van der Waals surface area (Å²) in [6.45, 7) is 7.42. The number of nitrogens with zero attached hydrogens (tertiary/aromatic N) is 1. The fraction of sp³-hybridized carbons (Fsp3) is 0.375. The summed E-state index contributed by atoms with van der Waals surface area (Å²) in [7, 11) is 0. The number of pyridine rings is 1. The second kappa shape index (κ2) is 4.87. The Bertz CT molecular complexity index is 641. The van der Waals surface area contributed by atoms with Crippen LogP contribution in [0.2, 0.25) is 0 Å². The zero-order chi connectivity index (χ0) is 15.0. The lowest BCUT2D eigenvalue weighted by molar-refractivity contribution is -0.126. The van der Waals surface area contributed by atoms with Crippen LogP contribution < -0.4 is 11.1 Å². The molecular formula is C16H21N3O. The summed E-state index contributed by atoms with van der Waals surface area (Å²) in [4.78, 5) is 16.7. The molecule has 1 amide bonds. The third kappa shape index (κ3) is 2.65. The zero-order valence-electron chi connectivity index (χ0n) is 12.4. The molecule has 4 nitrogen and oxygen atoms in total. The Kier molecular flexibility index (Phi) is 3.52. The molecule has 1 aromatic carbocycles. The third-order valence-electron chi connectivity index (χ3n) is 4.04. The second-order valence-corrected chi connectivity index (χ2v) is 6.21. The molecule has 20 heavy (non-hydrogen) atoms. The van der Waals surface area contributed by atoms with E-state index in [0.717, 1.165) is 16.6 Å². The van der Waals surface area contributed by atoms with Gasteiger partial charge in [0.1, 0.15) is 0 Å². The molecule has 0 aliphatic rings. The van der Waals surface area contributed by atoms with Gasteiger partial charge in [0.2, 0.25) is 5.91 Å². The van der Waals surface area contributed by atoms with Gasteiger partial charge in [0.25, 0.3) is 0 Å². The van der Waals surface area contributed by atoms with Crippen LogP contribution in [0.3, 0.4) is 0 Å². The van der Waals surface area contributed by atoms with Crippen molar-refractivity contribution in [2.75, 3.05) is 5.32 Å². The van der Waals surface area contributed by atoms with Crippen molar-refractivity contribution in [2.24, 2.45) is 11.1 Å². The molecule has 0 aliphatic heterocycles. The normalized spacial score (nSPS) is 12.4. The van der Waals surface area contributed by atoms with Gasteiger partial charge in [-0.25, -0.2) is 0 Å². The number of carbonyl (C=O) groups is 1. The van der Waals surface area contributed by atoms with E-state index >= 15 is 0 Å². The fourth-order valence-electron chi connectivity index (χ4n) is 1.73. The molecule has 3 N–H and O–H groups in total. The Morgan fingerprint density at radius 1 is 1.20 bits per heavy atom. The number of anilines is 1. The van der Waals surface area contributed by atoms with Gasteiger partial charge in [0.15, 0.2) is 0 Å². The van der Waals surface area contributed by atoms with Gasteiger partial charge in [-0.3, -0.25) is 9.78 Å². The predicted octanol–water partition coefficient (Wildman–Crippen LogP) is 2.94. The number of rotatable bonds is 3. The molecule has 1 aromatic heterocycles. The molecule has 0 saturated heterocycles. The van der Waals surface area contributed by atoms with Gasteiger partial charge in [-0.05, 0) is 52.0 Å². The Morgan fingerprint density at radius 3 is 2.55 bits per heavy atom. The van der Waals surface area contributed by atoms with Crippen LogP contribution in [0.1, 0.15) is 27.7 Å². The molecule has 0 fully saturated rings. The highest BCUT2D eigenvalue weighted by Gasteiger charge is 2.40. The van der Waals surface area contributed by atoms with Gasteiger partial charge in [0.05, 0.1) is 10.9 Å². The maximum absolute atomic E-state index is 12.4. The fourth-order valence-corrected chi connectivity index (χ4v) is 1.73. The lowest BCUT2D eigenvalue weighted by Crippen LogP contribution is -2.53. The highest BCUT2D eigenvalue weighted by atomic mass is 16.2. The first-order valence-electron chi connectivity index (χ1n) is 6.67. The first kappa shape index (κ1) is 14.5. The monoisotopic (exact) mass is 271 g/mol. The highest BCUT2D eigenvalue weighted by molar-refractivity contribution is 5.97. The van der Waals surface area contributed by atoms with Crippen LogP contribution in [-0.4, -0.2) is 16.4 Å². The van der Waals surface area contributed by atoms with Gasteiger partial charge in [-0.1, -0.05) is 6.07 Å². The zero-order valence-corrected chi connectivity index (χ0v) is 12.4. The summed E-state index contributed by atoms with van der Waals surface area (Å²) < 4.78 is 0. The summed E-state index contributed by atoms with van der Waals surface area (Å²) in [5, 5.41) is 3.93. The summed E-state index contributed by atoms with van der Waals surface area (Å²) in [6, 6.07) is 9.51. The number of nitrogens with two attached hydrogens (primary N) is 1. The van der Waals surface area contributed by atoms with Crippen molar-refractivity contribution in [3.63, 3.8) is 0 Å². The van der Waals surface area contributed by atoms with Gasteiger partial charge >= 0.3 is 0 Å². The van der Waals surface area contributed by atoms with Crippen LogP contribution in [0, 0.1) is 5.41 Å². The van der Waals surface area contributed by atoms with Crippen molar-refractivity contribution in [1.29, 1.82) is 0 Å². The van der Waals surface area contributed by atoms with E-state index in [2.05, 4.69) is 10.3 Å². The molecule has 0 radical (unpaired) electrons. The summed E-state index contributed by atoms with van der Waals surface area (Å²) >= 11 is 0. The molecule has 1 heterocycles. The van der Waals surface area contributed by atoms with E-state index in [9.17, 15) is 4.79 Å². The van der Waals surface area contributed by atoms with E-state index in [-0.39, 0.29) is 5.91 Å². The molecular weight excluding hydrogens is 250 g/mol. The lowest BCUT2D eigenvalue weighted by atomic mass is 9.74. The van der Waals surface area contributed by atoms with E-state index in [1.165, 1.54) is 0 Å². The van der Waals surface area contributed by atoms with Crippen LogP contribution in [0.15, 0.2) is 36.5 Å². The maximum atomic E-state index is 12.4. The van der Waals surface area contributed by atoms with E-state index in [1.54, 1.807) is 6.20 Å². The van der Waals surface area contributed by atoms with Crippen LogP contribution in [-0.2, 0) is 4.79 Å². The minimum Gasteiger partial charge on any atom is -0.326 e. The number of aromatic nitrogens is 1. The predicted molar refractivity (Wildman–Crippen MR) is 82.4 cm³/mol. The summed E-state index contributed by atoms with van der Waals surface area (Å²) in [6.07, 6.45) is 1.75. The Balaban J connectivity index is 2.26. The average molecular weight is 271 g/mol. The molecule has 2 rings (SSSR count). The van der Waals surface area contributed by atoms with Gasteiger partial charge < -0.3 is 11.1 Å². The topological polar surface area (TPSA) is 68.0 Å². The van der Waals surface area contributed by atoms with Crippen molar-refractivity contribution >= 4 is 22.5 Å². The molecule has 4 heteroatoms. The number of hydrogen-bond acceptors (Lipinski definition) is 3. The van der Waals surface area contributed by atoms with E-state index in [4.69, 9.17) is 5.73 Å². The molecule has 0 spiro atoms. The summed E-state index contributed by atoms with van der Waals surface area (Å²) in [5.74, 6) is -0.0896. The van der Waals surface area contributed by atoms with Crippen molar-refractivity contribution < 1.29 is 4.79 Å². The standard InChI is InChI=1S/C16H21N3O/c1-15(2,16(3,4)17)14(20)19-12-7-8-13-11(10-12)6-5-9-18-13/h5-10H,17H2,1-4H3,(H,19,20). The number of fused-ring (bicyclic) bond motifs is 1. The first-order chi connectivity index (χ1) is 9.22. The van der Waals surface area contributed by atoms with Gasteiger partial charge in [-0.15, -0.1) is 0 Å². The minimum atomic E-state index is -0.670. The Morgan fingerprint density at radius 2 is 1.90 bits per heavy atom. The number of carbonyl (C=O) groups excluding carboxylic acids is 1. The van der Waals surface area contributed by atoms with E-state index in [0.29, 0.717) is 0 Å². The van der Waals surface area contributed by atoms with Crippen molar-refractivity contribution in [2.45, 2.75) is 33.2 Å². The van der Waals surface area contributed by atoms with Crippen molar-refractivity contribution in [3.8, 4) is 0 Å². The quantitative estimate of drug-likeness (QED) is 0.901. The number of benzene rings is 1. The SMILES string of the molecule is CC(C)(N)C(C)(C)C(=O)Nc1ccc2ncccc2c1. The van der Waals surface area contributed by atoms with Crippen LogP contribution >= 0.6 is 0 Å². The molecule has 0 bridgehead atoms. The average Bonchev–Trinajstić information content (AvgIpc) is 2.37. The molecule has 0 aliphatic carbocycles.